The number of oxazole rings is 1. The molecular formula is C9H9N3O. The fourth-order valence-electron chi connectivity index (χ4n) is 1.17. The molecule has 0 radical (unpaired) electrons. The Hall–Kier alpha value is -1.84. The summed E-state index contributed by atoms with van der Waals surface area (Å²) < 4.78 is 5.21. The third-order valence-electron chi connectivity index (χ3n) is 1.79. The molecule has 2 heterocycles. The number of aryl methyl sites for hydroxylation is 1. The second-order valence-electron chi connectivity index (χ2n) is 2.74. The van der Waals surface area contributed by atoms with E-state index in [1.165, 1.54) is 6.39 Å². The highest BCUT2D eigenvalue weighted by molar-refractivity contribution is 5.61. The summed E-state index contributed by atoms with van der Waals surface area (Å²) in [4.78, 5) is 7.89. The van der Waals surface area contributed by atoms with E-state index in [1.54, 1.807) is 12.3 Å². The largest absolute Gasteiger partial charge is 0.443 e. The predicted octanol–water partition coefficient (Wildman–Crippen LogP) is 1.63. The Balaban J connectivity index is 2.53. The minimum absolute atomic E-state index is 0.480. The molecule has 0 saturated carbocycles. The number of hydrogen-bond acceptors (Lipinski definition) is 4. The van der Waals surface area contributed by atoms with Crippen LogP contribution < -0.4 is 5.73 Å². The van der Waals surface area contributed by atoms with E-state index in [4.69, 9.17) is 10.2 Å². The maximum absolute atomic E-state index is 5.54. The smallest absolute Gasteiger partial charge is 0.181 e. The number of rotatable bonds is 1. The third-order valence-corrected chi connectivity index (χ3v) is 1.79. The summed E-state index contributed by atoms with van der Waals surface area (Å²) >= 11 is 0. The summed E-state index contributed by atoms with van der Waals surface area (Å²) in [5, 5.41) is 0. The van der Waals surface area contributed by atoms with Crippen LogP contribution in [0.15, 0.2) is 29.1 Å². The third kappa shape index (κ3) is 1.38. The van der Waals surface area contributed by atoms with Gasteiger partial charge in [-0.3, -0.25) is 0 Å². The lowest BCUT2D eigenvalue weighted by Crippen LogP contribution is -1.89. The minimum atomic E-state index is 0.480. The highest BCUT2D eigenvalue weighted by Gasteiger charge is 2.06. The van der Waals surface area contributed by atoms with Crippen molar-refractivity contribution < 1.29 is 4.42 Å². The molecule has 0 saturated heterocycles. The summed E-state index contributed by atoms with van der Waals surface area (Å²) in [5.74, 6) is 1.22. The first-order chi connectivity index (χ1) is 6.27. The molecule has 4 nitrogen and oxygen atoms in total. The van der Waals surface area contributed by atoms with Gasteiger partial charge in [-0.15, -0.1) is 0 Å². The molecular weight excluding hydrogens is 166 g/mol. The molecule has 13 heavy (non-hydrogen) atoms. The lowest BCUT2D eigenvalue weighted by atomic mass is 10.2. The van der Waals surface area contributed by atoms with E-state index in [0.29, 0.717) is 5.82 Å². The number of anilines is 1. The monoisotopic (exact) mass is 175 g/mol. The number of aromatic nitrogens is 2. The number of hydrogen-bond donors (Lipinski definition) is 1. The number of nitrogens with zero attached hydrogens (tertiary/aromatic N) is 2. The van der Waals surface area contributed by atoms with Gasteiger partial charge in [0.05, 0.1) is 5.69 Å². The Bertz CT molecular complexity index is 422. The van der Waals surface area contributed by atoms with Crippen LogP contribution in [-0.2, 0) is 0 Å². The molecule has 0 aliphatic rings. The molecule has 0 amide bonds. The zero-order valence-corrected chi connectivity index (χ0v) is 7.19. The molecule has 0 atom stereocenters. The molecule has 2 N–H and O–H groups in total. The van der Waals surface area contributed by atoms with Crippen LogP contribution in [0.25, 0.3) is 11.3 Å². The summed E-state index contributed by atoms with van der Waals surface area (Å²) in [6.07, 6.45) is 3.06. The summed E-state index contributed by atoms with van der Waals surface area (Å²) in [5.41, 5.74) is 7.30. The standard InChI is InChI=1S/C9H9N3O/c1-6-9(13-5-12-6)7-2-3-11-8(10)4-7/h2-5H,1H3,(H2,10,11). The highest BCUT2D eigenvalue weighted by Crippen LogP contribution is 2.22. The molecule has 0 fully saturated rings. The molecule has 0 spiro atoms. The number of pyridine rings is 1. The fraction of sp³-hybridized carbons (Fsp3) is 0.111. The van der Waals surface area contributed by atoms with Crippen molar-refractivity contribution in [3.05, 3.63) is 30.4 Å². The van der Waals surface area contributed by atoms with Crippen molar-refractivity contribution in [3.8, 4) is 11.3 Å². The molecule has 66 valence electrons. The molecule has 0 aliphatic carbocycles. The second kappa shape index (κ2) is 2.90. The normalized spacial score (nSPS) is 10.2. The van der Waals surface area contributed by atoms with Crippen LogP contribution in [0.1, 0.15) is 5.69 Å². The molecule has 0 bridgehead atoms. The van der Waals surface area contributed by atoms with E-state index in [9.17, 15) is 0 Å². The van der Waals surface area contributed by atoms with Crippen LogP contribution in [0.2, 0.25) is 0 Å². The molecule has 0 aliphatic heterocycles. The molecule has 2 aromatic rings. The van der Waals surface area contributed by atoms with Crippen LogP contribution in [-0.4, -0.2) is 9.97 Å². The van der Waals surface area contributed by atoms with Crippen molar-refractivity contribution in [2.24, 2.45) is 0 Å². The Labute approximate surface area is 75.4 Å². The first kappa shape index (κ1) is 7.79. The fourth-order valence-corrected chi connectivity index (χ4v) is 1.17. The van der Waals surface area contributed by atoms with Gasteiger partial charge in [-0.2, -0.15) is 0 Å². The molecule has 4 heteroatoms. The zero-order valence-electron chi connectivity index (χ0n) is 7.19. The van der Waals surface area contributed by atoms with Gasteiger partial charge in [0.25, 0.3) is 0 Å². The van der Waals surface area contributed by atoms with Gasteiger partial charge in [-0.25, -0.2) is 9.97 Å². The van der Waals surface area contributed by atoms with E-state index >= 15 is 0 Å². The van der Waals surface area contributed by atoms with Gasteiger partial charge in [0, 0.05) is 11.8 Å². The van der Waals surface area contributed by atoms with Crippen molar-refractivity contribution in [1.82, 2.24) is 9.97 Å². The average Bonchev–Trinajstić information content (AvgIpc) is 2.51. The van der Waals surface area contributed by atoms with E-state index in [1.807, 2.05) is 13.0 Å². The van der Waals surface area contributed by atoms with E-state index in [2.05, 4.69) is 9.97 Å². The summed E-state index contributed by atoms with van der Waals surface area (Å²) in [7, 11) is 0. The Kier molecular flexibility index (Phi) is 1.73. The maximum Gasteiger partial charge on any atom is 0.181 e. The summed E-state index contributed by atoms with van der Waals surface area (Å²) in [6, 6.07) is 3.59. The van der Waals surface area contributed by atoms with Gasteiger partial charge in [-0.05, 0) is 19.1 Å². The van der Waals surface area contributed by atoms with Crippen molar-refractivity contribution in [2.45, 2.75) is 6.92 Å². The van der Waals surface area contributed by atoms with Gasteiger partial charge in [0.1, 0.15) is 5.82 Å². The van der Waals surface area contributed by atoms with Crippen LogP contribution in [0, 0.1) is 6.92 Å². The van der Waals surface area contributed by atoms with Gasteiger partial charge < -0.3 is 10.2 Å². The SMILES string of the molecule is Cc1ncoc1-c1ccnc(N)c1. The average molecular weight is 175 g/mol. The zero-order chi connectivity index (χ0) is 9.26. The van der Waals surface area contributed by atoms with E-state index in [-0.39, 0.29) is 0 Å². The van der Waals surface area contributed by atoms with Crippen molar-refractivity contribution in [3.63, 3.8) is 0 Å². The van der Waals surface area contributed by atoms with Crippen molar-refractivity contribution in [1.29, 1.82) is 0 Å². The molecule has 2 aromatic heterocycles. The topological polar surface area (TPSA) is 64.9 Å². The second-order valence-corrected chi connectivity index (χ2v) is 2.74. The first-order valence-electron chi connectivity index (χ1n) is 3.89. The molecule has 0 unspecified atom stereocenters. The highest BCUT2D eigenvalue weighted by atomic mass is 16.3. The van der Waals surface area contributed by atoms with Crippen molar-refractivity contribution >= 4 is 5.82 Å². The minimum Gasteiger partial charge on any atom is -0.443 e. The van der Waals surface area contributed by atoms with Crippen LogP contribution in [0.3, 0.4) is 0 Å². The Morgan fingerprint density at radius 2 is 2.23 bits per heavy atom. The Morgan fingerprint density at radius 3 is 2.85 bits per heavy atom. The summed E-state index contributed by atoms with van der Waals surface area (Å²) in [6.45, 7) is 1.88. The van der Waals surface area contributed by atoms with E-state index in [0.717, 1.165) is 17.0 Å². The van der Waals surface area contributed by atoms with Crippen LogP contribution >= 0.6 is 0 Å². The van der Waals surface area contributed by atoms with E-state index < -0.39 is 0 Å². The van der Waals surface area contributed by atoms with Crippen LogP contribution in [0.5, 0.6) is 0 Å². The maximum atomic E-state index is 5.54. The number of nitrogens with two attached hydrogens (primary N) is 1. The van der Waals surface area contributed by atoms with Gasteiger partial charge >= 0.3 is 0 Å². The molecule has 2 rings (SSSR count). The molecule has 0 aromatic carbocycles. The van der Waals surface area contributed by atoms with Crippen LogP contribution in [0.4, 0.5) is 5.82 Å². The van der Waals surface area contributed by atoms with Gasteiger partial charge in [-0.1, -0.05) is 0 Å². The number of nitrogen functional groups attached to an aromatic ring is 1. The van der Waals surface area contributed by atoms with Gasteiger partial charge in [0.2, 0.25) is 0 Å². The predicted molar refractivity (Wildman–Crippen MR) is 48.9 cm³/mol. The van der Waals surface area contributed by atoms with Crippen molar-refractivity contribution in [2.75, 3.05) is 5.73 Å². The quantitative estimate of drug-likeness (QED) is 0.715. The lowest BCUT2D eigenvalue weighted by molar-refractivity contribution is 0.571. The lowest BCUT2D eigenvalue weighted by Gasteiger charge is -1.97. The first-order valence-corrected chi connectivity index (χ1v) is 3.89. The Morgan fingerprint density at radius 1 is 1.38 bits per heavy atom. The van der Waals surface area contributed by atoms with Gasteiger partial charge in [0.15, 0.2) is 12.2 Å².